The third-order valence-electron chi connectivity index (χ3n) is 3.23. The highest BCUT2D eigenvalue weighted by atomic mass is 19.1. The zero-order chi connectivity index (χ0) is 11.5. The molecule has 2 unspecified atom stereocenters. The molecule has 1 aliphatic rings. The molecule has 1 heterocycles. The van der Waals surface area contributed by atoms with Crippen molar-refractivity contribution in [2.45, 2.75) is 25.9 Å². The van der Waals surface area contributed by atoms with E-state index in [-0.39, 0.29) is 5.75 Å². The van der Waals surface area contributed by atoms with E-state index in [1.165, 1.54) is 6.92 Å². The van der Waals surface area contributed by atoms with Crippen LogP contribution in [0.25, 0.3) is 0 Å². The lowest BCUT2D eigenvalue weighted by Crippen LogP contribution is -2.11. The van der Waals surface area contributed by atoms with Crippen LogP contribution in [-0.2, 0) is 6.42 Å². The van der Waals surface area contributed by atoms with Gasteiger partial charge in [0, 0.05) is 0 Å². The van der Waals surface area contributed by atoms with E-state index in [1.54, 1.807) is 18.2 Å². The van der Waals surface area contributed by atoms with Crippen LogP contribution < -0.4 is 5.32 Å². The average molecular weight is 223 g/mol. The number of halogens is 1. The van der Waals surface area contributed by atoms with E-state index in [4.69, 9.17) is 0 Å². The van der Waals surface area contributed by atoms with Crippen LogP contribution in [0.2, 0.25) is 0 Å². The van der Waals surface area contributed by atoms with Gasteiger partial charge in [-0.1, -0.05) is 6.07 Å². The fourth-order valence-electron chi connectivity index (χ4n) is 2.22. The van der Waals surface area contributed by atoms with E-state index in [0.717, 1.165) is 31.5 Å². The van der Waals surface area contributed by atoms with Crippen LogP contribution >= 0.6 is 0 Å². The first-order chi connectivity index (χ1) is 7.66. The Morgan fingerprint density at radius 2 is 2.38 bits per heavy atom. The van der Waals surface area contributed by atoms with Gasteiger partial charge in [0.05, 0.1) is 0 Å². The molecule has 0 amide bonds. The number of benzene rings is 1. The summed E-state index contributed by atoms with van der Waals surface area (Å²) in [6, 6.07) is 5.04. The zero-order valence-electron chi connectivity index (χ0n) is 9.54. The number of phenolic OH excluding ortho intramolecular Hbond substituents is 1. The summed E-state index contributed by atoms with van der Waals surface area (Å²) in [5, 5.41) is 13.0. The largest absolute Gasteiger partial charge is 0.508 e. The predicted octanol–water partition coefficient (Wildman–Crippen LogP) is 2.57. The predicted molar refractivity (Wildman–Crippen MR) is 62.3 cm³/mol. The first kappa shape index (κ1) is 11.4. The SMILES string of the molecule is CC(F)c1ccc(O)c(CC2CCNC2)c1. The van der Waals surface area contributed by atoms with E-state index in [9.17, 15) is 9.50 Å². The molecule has 0 aliphatic carbocycles. The topological polar surface area (TPSA) is 32.3 Å². The maximum absolute atomic E-state index is 13.2. The van der Waals surface area contributed by atoms with Crippen molar-refractivity contribution in [2.24, 2.45) is 5.92 Å². The van der Waals surface area contributed by atoms with Gasteiger partial charge < -0.3 is 10.4 Å². The van der Waals surface area contributed by atoms with Gasteiger partial charge in [-0.05, 0) is 62.0 Å². The van der Waals surface area contributed by atoms with E-state index in [0.29, 0.717) is 11.5 Å². The second kappa shape index (κ2) is 4.83. The standard InChI is InChI=1S/C13H18FNO/c1-9(14)11-2-3-13(16)12(7-11)6-10-4-5-15-8-10/h2-3,7,9-10,15-16H,4-6,8H2,1H3. The van der Waals surface area contributed by atoms with Crippen LogP contribution in [0.15, 0.2) is 18.2 Å². The Hall–Kier alpha value is -1.09. The van der Waals surface area contributed by atoms with Gasteiger partial charge in [0.2, 0.25) is 0 Å². The molecule has 2 N–H and O–H groups in total. The number of alkyl halides is 1. The van der Waals surface area contributed by atoms with Gasteiger partial charge in [-0.3, -0.25) is 0 Å². The van der Waals surface area contributed by atoms with E-state index in [1.807, 2.05) is 0 Å². The lowest BCUT2D eigenvalue weighted by molar-refractivity contribution is 0.373. The Kier molecular flexibility index (Phi) is 3.44. The smallest absolute Gasteiger partial charge is 0.122 e. The zero-order valence-corrected chi connectivity index (χ0v) is 9.54. The summed E-state index contributed by atoms with van der Waals surface area (Å²) < 4.78 is 13.2. The van der Waals surface area contributed by atoms with E-state index < -0.39 is 6.17 Å². The Labute approximate surface area is 95.5 Å². The number of hydrogen-bond acceptors (Lipinski definition) is 2. The third kappa shape index (κ3) is 2.53. The molecule has 1 saturated heterocycles. The summed E-state index contributed by atoms with van der Waals surface area (Å²) in [6.07, 6.45) is 0.995. The Morgan fingerprint density at radius 1 is 1.56 bits per heavy atom. The summed E-state index contributed by atoms with van der Waals surface area (Å²) >= 11 is 0. The molecule has 0 bridgehead atoms. The molecule has 3 heteroatoms. The van der Waals surface area contributed by atoms with Crippen molar-refractivity contribution in [1.29, 1.82) is 0 Å². The molecule has 0 aromatic heterocycles. The summed E-state index contributed by atoms with van der Waals surface area (Å²) in [5.74, 6) is 0.854. The van der Waals surface area contributed by atoms with Crippen LogP contribution in [0.4, 0.5) is 4.39 Å². The molecule has 16 heavy (non-hydrogen) atoms. The quantitative estimate of drug-likeness (QED) is 0.825. The van der Waals surface area contributed by atoms with E-state index in [2.05, 4.69) is 5.32 Å². The second-order valence-corrected chi connectivity index (χ2v) is 4.57. The fraction of sp³-hybridized carbons (Fsp3) is 0.538. The van der Waals surface area contributed by atoms with Gasteiger partial charge >= 0.3 is 0 Å². The van der Waals surface area contributed by atoms with E-state index >= 15 is 0 Å². The Morgan fingerprint density at radius 3 is 3.00 bits per heavy atom. The van der Waals surface area contributed by atoms with Gasteiger partial charge in [0.15, 0.2) is 0 Å². The van der Waals surface area contributed by atoms with Crippen molar-refractivity contribution >= 4 is 0 Å². The molecule has 1 fully saturated rings. The summed E-state index contributed by atoms with van der Waals surface area (Å²) in [5.41, 5.74) is 1.52. The summed E-state index contributed by atoms with van der Waals surface area (Å²) in [4.78, 5) is 0. The molecule has 0 radical (unpaired) electrons. The maximum atomic E-state index is 13.2. The van der Waals surface area contributed by atoms with Crippen molar-refractivity contribution in [3.63, 3.8) is 0 Å². The van der Waals surface area contributed by atoms with Crippen LogP contribution in [-0.4, -0.2) is 18.2 Å². The first-order valence-corrected chi connectivity index (χ1v) is 5.83. The van der Waals surface area contributed by atoms with Gasteiger partial charge in [-0.15, -0.1) is 0 Å². The molecule has 1 aliphatic heterocycles. The van der Waals surface area contributed by atoms with Crippen molar-refractivity contribution in [2.75, 3.05) is 13.1 Å². The van der Waals surface area contributed by atoms with Gasteiger partial charge in [0.1, 0.15) is 11.9 Å². The average Bonchev–Trinajstić information content (AvgIpc) is 2.73. The number of nitrogens with one attached hydrogen (secondary N) is 1. The molecule has 0 saturated carbocycles. The normalized spacial score (nSPS) is 22.2. The summed E-state index contributed by atoms with van der Waals surface area (Å²) in [7, 11) is 0. The highest BCUT2D eigenvalue weighted by Crippen LogP contribution is 2.27. The Balaban J connectivity index is 2.14. The lowest BCUT2D eigenvalue weighted by atomic mass is 9.96. The molecule has 2 atom stereocenters. The second-order valence-electron chi connectivity index (χ2n) is 4.57. The van der Waals surface area contributed by atoms with Gasteiger partial charge in [-0.2, -0.15) is 0 Å². The molecular formula is C13H18FNO. The molecule has 2 rings (SSSR count). The third-order valence-corrected chi connectivity index (χ3v) is 3.23. The highest BCUT2D eigenvalue weighted by molar-refractivity contribution is 5.37. The highest BCUT2D eigenvalue weighted by Gasteiger charge is 2.17. The lowest BCUT2D eigenvalue weighted by Gasteiger charge is -2.12. The van der Waals surface area contributed by atoms with Crippen LogP contribution in [0, 0.1) is 5.92 Å². The molecular weight excluding hydrogens is 205 g/mol. The maximum Gasteiger partial charge on any atom is 0.122 e. The minimum Gasteiger partial charge on any atom is -0.508 e. The number of phenols is 1. The minimum atomic E-state index is -0.971. The minimum absolute atomic E-state index is 0.288. The number of rotatable bonds is 3. The monoisotopic (exact) mass is 223 g/mol. The van der Waals surface area contributed by atoms with Gasteiger partial charge in [0.25, 0.3) is 0 Å². The number of aromatic hydroxyl groups is 1. The van der Waals surface area contributed by atoms with Gasteiger partial charge in [-0.25, -0.2) is 4.39 Å². The molecule has 88 valence electrons. The molecule has 0 spiro atoms. The molecule has 2 nitrogen and oxygen atoms in total. The van der Waals surface area contributed by atoms with Crippen molar-refractivity contribution in [3.8, 4) is 5.75 Å². The van der Waals surface area contributed by atoms with Crippen LogP contribution in [0.5, 0.6) is 5.75 Å². The van der Waals surface area contributed by atoms with Crippen LogP contribution in [0.1, 0.15) is 30.6 Å². The molecule has 1 aromatic carbocycles. The first-order valence-electron chi connectivity index (χ1n) is 5.83. The van der Waals surface area contributed by atoms with Crippen molar-refractivity contribution < 1.29 is 9.50 Å². The summed E-state index contributed by atoms with van der Waals surface area (Å²) in [6.45, 7) is 3.56. The Bertz CT molecular complexity index is 359. The van der Waals surface area contributed by atoms with Crippen molar-refractivity contribution in [1.82, 2.24) is 5.32 Å². The van der Waals surface area contributed by atoms with Crippen molar-refractivity contribution in [3.05, 3.63) is 29.3 Å². The van der Waals surface area contributed by atoms with Crippen LogP contribution in [0.3, 0.4) is 0 Å². The number of hydrogen-bond donors (Lipinski definition) is 2. The fourth-order valence-corrected chi connectivity index (χ4v) is 2.22. The molecule has 1 aromatic rings.